The van der Waals surface area contributed by atoms with Crippen molar-refractivity contribution in [3.8, 4) is 0 Å². The van der Waals surface area contributed by atoms with Gasteiger partial charge in [0.25, 0.3) is 11.8 Å². The summed E-state index contributed by atoms with van der Waals surface area (Å²) in [5.74, 6) is 0.166. The van der Waals surface area contributed by atoms with Crippen LogP contribution in [-0.4, -0.2) is 52.8 Å². The molecule has 1 aliphatic rings. The number of benzene rings is 1. The Labute approximate surface area is 166 Å². The van der Waals surface area contributed by atoms with Crippen LogP contribution in [-0.2, 0) is 0 Å². The number of hydrogen-bond donors (Lipinski definition) is 1. The summed E-state index contributed by atoms with van der Waals surface area (Å²) in [5, 5.41) is 2.99. The molecular weight excluding hydrogens is 375 g/mol. The summed E-state index contributed by atoms with van der Waals surface area (Å²) in [6.07, 6.45) is 2.96. The second kappa shape index (κ2) is 8.14. The Morgan fingerprint density at radius 3 is 2.34 bits per heavy atom. The van der Waals surface area contributed by atoms with Gasteiger partial charge in [-0.25, -0.2) is 9.37 Å². The Balaban J connectivity index is 1.34. The van der Waals surface area contributed by atoms with Crippen molar-refractivity contribution < 1.29 is 18.4 Å². The number of piperazine rings is 1. The SMILES string of the molecule is O=C(c1ccc(Nc2cccc(F)c2)nc1)N1CCN(C(=O)c2ccco2)CC1. The molecule has 1 aromatic carbocycles. The lowest BCUT2D eigenvalue weighted by Gasteiger charge is -2.34. The molecule has 2 amide bonds. The van der Waals surface area contributed by atoms with E-state index < -0.39 is 0 Å². The number of aromatic nitrogens is 1. The van der Waals surface area contributed by atoms with Crippen molar-refractivity contribution in [1.82, 2.24) is 14.8 Å². The number of amides is 2. The second-order valence-electron chi connectivity index (χ2n) is 6.63. The van der Waals surface area contributed by atoms with E-state index in [9.17, 15) is 14.0 Å². The molecule has 4 rings (SSSR count). The van der Waals surface area contributed by atoms with E-state index in [2.05, 4.69) is 10.3 Å². The lowest BCUT2D eigenvalue weighted by molar-refractivity contribution is 0.0518. The first-order valence-electron chi connectivity index (χ1n) is 9.21. The Kier molecular flexibility index (Phi) is 5.24. The molecule has 1 saturated heterocycles. The highest BCUT2D eigenvalue weighted by Gasteiger charge is 2.26. The van der Waals surface area contributed by atoms with Crippen molar-refractivity contribution in [2.45, 2.75) is 0 Å². The summed E-state index contributed by atoms with van der Waals surface area (Å²) >= 11 is 0. The largest absolute Gasteiger partial charge is 0.459 e. The Morgan fingerprint density at radius 2 is 1.72 bits per heavy atom. The number of halogens is 1. The summed E-state index contributed by atoms with van der Waals surface area (Å²) < 4.78 is 18.4. The highest BCUT2D eigenvalue weighted by atomic mass is 19.1. The van der Waals surface area contributed by atoms with E-state index in [1.54, 1.807) is 46.2 Å². The van der Waals surface area contributed by atoms with E-state index in [0.29, 0.717) is 49.0 Å². The molecule has 0 atom stereocenters. The number of carbonyl (C=O) groups excluding carboxylic acids is 2. The van der Waals surface area contributed by atoms with Gasteiger partial charge in [0, 0.05) is 38.1 Å². The first-order valence-corrected chi connectivity index (χ1v) is 9.21. The lowest BCUT2D eigenvalue weighted by atomic mass is 10.2. The van der Waals surface area contributed by atoms with Crippen LogP contribution < -0.4 is 5.32 Å². The van der Waals surface area contributed by atoms with Gasteiger partial charge in [-0.15, -0.1) is 0 Å². The van der Waals surface area contributed by atoms with Gasteiger partial charge in [-0.2, -0.15) is 0 Å². The van der Waals surface area contributed by atoms with Gasteiger partial charge in [-0.3, -0.25) is 9.59 Å². The third-order valence-corrected chi connectivity index (χ3v) is 4.69. The molecule has 148 valence electrons. The Morgan fingerprint density at radius 1 is 0.966 bits per heavy atom. The first kappa shape index (κ1) is 18.7. The van der Waals surface area contributed by atoms with Gasteiger partial charge < -0.3 is 19.5 Å². The number of rotatable bonds is 4. The Bertz CT molecular complexity index is 997. The Hall–Kier alpha value is -3.68. The monoisotopic (exact) mass is 394 g/mol. The number of furan rings is 1. The molecular formula is C21H19FN4O3. The molecule has 1 N–H and O–H groups in total. The minimum Gasteiger partial charge on any atom is -0.459 e. The molecule has 8 heteroatoms. The number of anilines is 2. The van der Waals surface area contributed by atoms with Gasteiger partial charge in [0.15, 0.2) is 5.76 Å². The van der Waals surface area contributed by atoms with Crippen molar-refractivity contribution in [2.75, 3.05) is 31.5 Å². The van der Waals surface area contributed by atoms with Crippen molar-refractivity contribution in [2.24, 2.45) is 0 Å². The van der Waals surface area contributed by atoms with Gasteiger partial charge in [0.1, 0.15) is 11.6 Å². The van der Waals surface area contributed by atoms with Crippen molar-refractivity contribution in [3.63, 3.8) is 0 Å². The average molecular weight is 394 g/mol. The molecule has 3 aromatic rings. The molecule has 2 aromatic heterocycles. The topological polar surface area (TPSA) is 78.7 Å². The number of nitrogens with zero attached hydrogens (tertiary/aromatic N) is 3. The van der Waals surface area contributed by atoms with Crippen LogP contribution in [0.2, 0.25) is 0 Å². The van der Waals surface area contributed by atoms with Crippen LogP contribution in [0.3, 0.4) is 0 Å². The van der Waals surface area contributed by atoms with Crippen LogP contribution in [0.15, 0.2) is 65.4 Å². The van der Waals surface area contributed by atoms with Crippen molar-refractivity contribution >= 4 is 23.3 Å². The van der Waals surface area contributed by atoms with E-state index in [-0.39, 0.29) is 17.6 Å². The molecule has 0 unspecified atom stereocenters. The number of nitrogens with one attached hydrogen (secondary N) is 1. The fourth-order valence-electron chi connectivity index (χ4n) is 3.16. The normalized spacial score (nSPS) is 14.0. The van der Waals surface area contributed by atoms with Crippen LogP contribution in [0.1, 0.15) is 20.9 Å². The highest BCUT2D eigenvalue weighted by Crippen LogP contribution is 2.17. The van der Waals surface area contributed by atoms with E-state index in [4.69, 9.17) is 4.42 Å². The average Bonchev–Trinajstić information content (AvgIpc) is 3.28. The fourth-order valence-corrected chi connectivity index (χ4v) is 3.16. The molecule has 0 aliphatic carbocycles. The quantitative estimate of drug-likeness (QED) is 0.735. The first-order chi connectivity index (χ1) is 14.1. The highest BCUT2D eigenvalue weighted by molar-refractivity contribution is 5.95. The summed E-state index contributed by atoms with van der Waals surface area (Å²) in [7, 11) is 0. The van der Waals surface area contributed by atoms with Gasteiger partial charge in [0.2, 0.25) is 0 Å². The van der Waals surface area contributed by atoms with E-state index in [1.165, 1.54) is 24.6 Å². The molecule has 0 bridgehead atoms. The van der Waals surface area contributed by atoms with Crippen molar-refractivity contribution in [3.05, 3.63) is 78.1 Å². The predicted octanol–water partition coefficient (Wildman–Crippen LogP) is 3.16. The van der Waals surface area contributed by atoms with Gasteiger partial charge in [0.05, 0.1) is 11.8 Å². The number of hydrogen-bond acceptors (Lipinski definition) is 5. The maximum Gasteiger partial charge on any atom is 0.289 e. The zero-order chi connectivity index (χ0) is 20.2. The standard InChI is InChI=1S/C21H19FN4O3/c22-16-3-1-4-17(13-16)24-19-7-6-15(14-23-19)20(27)25-8-10-26(11-9-25)21(28)18-5-2-12-29-18/h1-7,12-14H,8-11H2,(H,23,24). The minimum atomic E-state index is -0.341. The van der Waals surface area contributed by atoms with Gasteiger partial charge in [-0.05, 0) is 42.5 Å². The van der Waals surface area contributed by atoms with Crippen LogP contribution >= 0.6 is 0 Å². The molecule has 3 heterocycles. The summed E-state index contributed by atoms with van der Waals surface area (Å²) in [4.78, 5) is 32.6. The van der Waals surface area contributed by atoms with Gasteiger partial charge >= 0.3 is 0 Å². The molecule has 1 aliphatic heterocycles. The zero-order valence-electron chi connectivity index (χ0n) is 15.5. The van der Waals surface area contributed by atoms with E-state index in [1.807, 2.05) is 0 Å². The molecule has 0 radical (unpaired) electrons. The predicted molar refractivity (Wildman–Crippen MR) is 104 cm³/mol. The van der Waals surface area contributed by atoms with Crippen molar-refractivity contribution in [1.29, 1.82) is 0 Å². The number of carbonyl (C=O) groups is 2. The van der Waals surface area contributed by atoms with Crippen LogP contribution in [0.25, 0.3) is 0 Å². The summed E-state index contributed by atoms with van der Waals surface area (Å²) in [6.45, 7) is 1.76. The second-order valence-corrected chi connectivity index (χ2v) is 6.63. The minimum absolute atomic E-state index is 0.139. The molecule has 29 heavy (non-hydrogen) atoms. The number of pyridine rings is 1. The third-order valence-electron chi connectivity index (χ3n) is 4.69. The van der Waals surface area contributed by atoms with Crippen LogP contribution in [0.5, 0.6) is 0 Å². The lowest BCUT2D eigenvalue weighted by Crippen LogP contribution is -2.50. The maximum absolute atomic E-state index is 13.3. The molecule has 7 nitrogen and oxygen atoms in total. The zero-order valence-corrected chi connectivity index (χ0v) is 15.5. The summed E-state index contributed by atoms with van der Waals surface area (Å²) in [6, 6.07) is 12.7. The van der Waals surface area contributed by atoms with Gasteiger partial charge in [-0.1, -0.05) is 6.07 Å². The maximum atomic E-state index is 13.3. The summed E-state index contributed by atoms with van der Waals surface area (Å²) in [5.41, 5.74) is 1.04. The molecule has 1 fully saturated rings. The van der Waals surface area contributed by atoms with E-state index in [0.717, 1.165) is 0 Å². The molecule has 0 spiro atoms. The molecule has 0 saturated carbocycles. The fraction of sp³-hybridized carbons (Fsp3) is 0.190. The smallest absolute Gasteiger partial charge is 0.289 e. The van der Waals surface area contributed by atoms with Crippen LogP contribution in [0.4, 0.5) is 15.9 Å². The van der Waals surface area contributed by atoms with E-state index >= 15 is 0 Å². The third kappa shape index (κ3) is 4.26. The van der Waals surface area contributed by atoms with Crippen LogP contribution in [0, 0.1) is 5.82 Å².